The highest BCUT2D eigenvalue weighted by atomic mass is 19.1. The number of hydrogen-bond acceptors (Lipinski definition) is 3. The van der Waals surface area contributed by atoms with Crippen LogP contribution in [0.1, 0.15) is 25.8 Å². The van der Waals surface area contributed by atoms with Crippen molar-refractivity contribution in [1.29, 1.82) is 0 Å². The Morgan fingerprint density at radius 3 is 2.84 bits per heavy atom. The molecular formula is C15H24FNO2. The van der Waals surface area contributed by atoms with Crippen molar-refractivity contribution in [2.75, 3.05) is 20.3 Å². The number of aliphatic hydroxyl groups is 1. The molecule has 0 aliphatic rings. The molecule has 4 heteroatoms. The van der Waals surface area contributed by atoms with Gasteiger partial charge in [-0.1, -0.05) is 12.1 Å². The van der Waals surface area contributed by atoms with Crippen molar-refractivity contribution in [3.63, 3.8) is 0 Å². The lowest BCUT2D eigenvalue weighted by Gasteiger charge is -2.25. The highest BCUT2D eigenvalue weighted by Crippen LogP contribution is 2.10. The van der Waals surface area contributed by atoms with Crippen molar-refractivity contribution in [1.82, 2.24) is 5.32 Å². The molecule has 2 atom stereocenters. The van der Waals surface area contributed by atoms with Crippen LogP contribution in [0.2, 0.25) is 0 Å². The summed E-state index contributed by atoms with van der Waals surface area (Å²) in [5, 5.41) is 13.4. The van der Waals surface area contributed by atoms with Crippen molar-refractivity contribution in [2.24, 2.45) is 0 Å². The van der Waals surface area contributed by atoms with Crippen molar-refractivity contribution >= 4 is 0 Å². The van der Waals surface area contributed by atoms with E-state index in [1.807, 2.05) is 13.0 Å². The molecule has 0 fully saturated rings. The molecule has 2 unspecified atom stereocenters. The van der Waals surface area contributed by atoms with Crippen LogP contribution in [-0.4, -0.2) is 37.0 Å². The lowest BCUT2D eigenvalue weighted by molar-refractivity contribution is 0.0231. The van der Waals surface area contributed by atoms with Crippen molar-refractivity contribution < 1.29 is 14.2 Å². The van der Waals surface area contributed by atoms with E-state index >= 15 is 0 Å². The van der Waals surface area contributed by atoms with Gasteiger partial charge in [-0.3, -0.25) is 0 Å². The summed E-state index contributed by atoms with van der Waals surface area (Å²) < 4.78 is 18.0. The fourth-order valence-corrected chi connectivity index (χ4v) is 1.89. The van der Waals surface area contributed by atoms with Gasteiger partial charge in [-0.25, -0.2) is 4.39 Å². The second-order valence-corrected chi connectivity index (χ2v) is 5.36. The first kappa shape index (κ1) is 16.1. The monoisotopic (exact) mass is 269 g/mol. The third kappa shape index (κ3) is 6.66. The van der Waals surface area contributed by atoms with Gasteiger partial charge in [0.05, 0.1) is 5.60 Å². The van der Waals surface area contributed by atoms with Gasteiger partial charge in [0.2, 0.25) is 0 Å². The van der Waals surface area contributed by atoms with E-state index in [1.165, 1.54) is 6.07 Å². The molecule has 1 aromatic carbocycles. The molecule has 0 spiro atoms. The molecule has 0 saturated carbocycles. The second-order valence-electron chi connectivity index (χ2n) is 5.36. The predicted octanol–water partition coefficient (Wildman–Crippen LogP) is 2.13. The van der Waals surface area contributed by atoms with E-state index in [-0.39, 0.29) is 11.9 Å². The van der Waals surface area contributed by atoms with Crippen LogP contribution in [0.3, 0.4) is 0 Å². The minimum atomic E-state index is -0.786. The molecule has 1 aromatic rings. The van der Waals surface area contributed by atoms with Crippen LogP contribution in [0.25, 0.3) is 0 Å². The zero-order chi connectivity index (χ0) is 14.3. The van der Waals surface area contributed by atoms with Gasteiger partial charge in [-0.15, -0.1) is 0 Å². The number of rotatable bonds is 8. The average molecular weight is 269 g/mol. The third-order valence-corrected chi connectivity index (χ3v) is 3.11. The maximum Gasteiger partial charge on any atom is 0.123 e. The zero-order valence-electron chi connectivity index (χ0n) is 11.9. The van der Waals surface area contributed by atoms with Crippen LogP contribution in [-0.2, 0) is 11.2 Å². The summed E-state index contributed by atoms with van der Waals surface area (Å²) in [7, 11) is 1.62. The molecule has 108 valence electrons. The largest absolute Gasteiger partial charge is 0.389 e. The van der Waals surface area contributed by atoms with Gasteiger partial charge < -0.3 is 15.2 Å². The van der Waals surface area contributed by atoms with E-state index in [9.17, 15) is 9.50 Å². The number of halogens is 1. The Morgan fingerprint density at radius 1 is 1.47 bits per heavy atom. The van der Waals surface area contributed by atoms with Gasteiger partial charge in [0.15, 0.2) is 0 Å². The summed E-state index contributed by atoms with van der Waals surface area (Å²) in [6, 6.07) is 6.78. The fourth-order valence-electron chi connectivity index (χ4n) is 1.89. The molecule has 2 N–H and O–H groups in total. The van der Waals surface area contributed by atoms with Crippen LogP contribution in [0.4, 0.5) is 4.39 Å². The minimum absolute atomic E-state index is 0.177. The Balaban J connectivity index is 2.37. The highest BCUT2D eigenvalue weighted by molar-refractivity contribution is 5.17. The van der Waals surface area contributed by atoms with Crippen molar-refractivity contribution in [3.8, 4) is 0 Å². The molecular weight excluding hydrogens is 245 g/mol. The standard InChI is InChI=1S/C15H24FNO2/c1-12(9-13-5-4-6-14(16)10-13)17-11-15(2,18)7-8-19-3/h4-6,10,12,17-18H,7-9,11H2,1-3H3. The normalized spacial score (nSPS) is 16.1. The molecule has 0 aromatic heterocycles. The first-order valence-electron chi connectivity index (χ1n) is 6.62. The highest BCUT2D eigenvalue weighted by Gasteiger charge is 2.20. The predicted molar refractivity (Wildman–Crippen MR) is 74.7 cm³/mol. The topological polar surface area (TPSA) is 41.5 Å². The molecule has 0 amide bonds. The van der Waals surface area contributed by atoms with Gasteiger partial charge in [0.1, 0.15) is 5.82 Å². The quantitative estimate of drug-likeness (QED) is 0.759. The maximum atomic E-state index is 13.1. The summed E-state index contributed by atoms with van der Waals surface area (Å²) in [5.41, 5.74) is 0.170. The Morgan fingerprint density at radius 2 is 2.21 bits per heavy atom. The van der Waals surface area contributed by atoms with Gasteiger partial charge in [0, 0.05) is 32.7 Å². The minimum Gasteiger partial charge on any atom is -0.389 e. The first-order valence-corrected chi connectivity index (χ1v) is 6.62. The smallest absolute Gasteiger partial charge is 0.123 e. The summed E-state index contributed by atoms with van der Waals surface area (Å²) in [4.78, 5) is 0. The SMILES string of the molecule is COCCC(C)(O)CNC(C)Cc1cccc(F)c1. The van der Waals surface area contributed by atoms with Crippen LogP contribution in [0.15, 0.2) is 24.3 Å². The molecule has 0 radical (unpaired) electrons. The molecule has 19 heavy (non-hydrogen) atoms. The molecule has 0 bridgehead atoms. The zero-order valence-corrected chi connectivity index (χ0v) is 11.9. The van der Waals surface area contributed by atoms with Gasteiger partial charge >= 0.3 is 0 Å². The van der Waals surface area contributed by atoms with Crippen LogP contribution in [0, 0.1) is 5.82 Å². The van der Waals surface area contributed by atoms with Gasteiger partial charge in [-0.05, 0) is 38.0 Å². The number of nitrogens with one attached hydrogen (secondary N) is 1. The summed E-state index contributed by atoms with van der Waals surface area (Å²) in [6.07, 6.45) is 1.32. The van der Waals surface area contributed by atoms with E-state index in [4.69, 9.17) is 4.74 Å². The van der Waals surface area contributed by atoms with Crippen molar-refractivity contribution in [2.45, 2.75) is 38.3 Å². The second kappa shape index (κ2) is 7.58. The molecule has 0 aliphatic heterocycles. The summed E-state index contributed by atoms with van der Waals surface area (Å²) in [5.74, 6) is -0.211. The maximum absolute atomic E-state index is 13.1. The van der Waals surface area contributed by atoms with E-state index < -0.39 is 5.60 Å². The van der Waals surface area contributed by atoms with Crippen LogP contribution < -0.4 is 5.32 Å². The Labute approximate surface area is 114 Å². The van der Waals surface area contributed by atoms with Gasteiger partial charge in [0.25, 0.3) is 0 Å². The Bertz CT molecular complexity index is 382. The molecule has 0 saturated heterocycles. The average Bonchev–Trinajstić information content (AvgIpc) is 2.34. The van der Waals surface area contributed by atoms with Crippen LogP contribution >= 0.6 is 0 Å². The summed E-state index contributed by atoms with van der Waals surface area (Å²) >= 11 is 0. The Kier molecular flexibility index (Phi) is 6.42. The Hall–Kier alpha value is -0.970. The lowest BCUT2D eigenvalue weighted by atomic mass is 10.0. The van der Waals surface area contributed by atoms with E-state index in [2.05, 4.69) is 5.32 Å². The lowest BCUT2D eigenvalue weighted by Crippen LogP contribution is -2.42. The molecule has 0 heterocycles. The first-order chi connectivity index (χ1) is 8.93. The van der Waals surface area contributed by atoms with Crippen molar-refractivity contribution in [3.05, 3.63) is 35.6 Å². The van der Waals surface area contributed by atoms with E-state index in [0.29, 0.717) is 19.6 Å². The summed E-state index contributed by atoms with van der Waals surface area (Å²) in [6.45, 7) is 4.84. The number of methoxy groups -OCH3 is 1. The number of benzene rings is 1. The third-order valence-electron chi connectivity index (χ3n) is 3.11. The number of hydrogen-bond donors (Lipinski definition) is 2. The number of ether oxygens (including phenoxy) is 1. The fraction of sp³-hybridized carbons (Fsp3) is 0.600. The molecule has 1 rings (SSSR count). The van der Waals surface area contributed by atoms with Gasteiger partial charge in [-0.2, -0.15) is 0 Å². The van der Waals surface area contributed by atoms with Crippen LogP contribution in [0.5, 0.6) is 0 Å². The van der Waals surface area contributed by atoms with E-state index in [1.54, 1.807) is 26.2 Å². The van der Waals surface area contributed by atoms with E-state index in [0.717, 1.165) is 12.0 Å². The molecule has 3 nitrogen and oxygen atoms in total. The molecule has 0 aliphatic carbocycles.